The number of carbonyl (C=O) groups is 3. The molecule has 200 valence electrons. The van der Waals surface area contributed by atoms with Crippen molar-refractivity contribution in [2.24, 2.45) is 28.9 Å². The summed E-state index contributed by atoms with van der Waals surface area (Å²) in [5.41, 5.74) is 9.83. The summed E-state index contributed by atoms with van der Waals surface area (Å²) in [4.78, 5) is 36.3. The molecule has 0 heterocycles. The van der Waals surface area contributed by atoms with Gasteiger partial charge in [0.2, 0.25) is 5.91 Å². The van der Waals surface area contributed by atoms with Gasteiger partial charge in [-0.25, -0.2) is 5.48 Å². The second-order valence-electron chi connectivity index (χ2n) is 10.7. The molecule has 2 bridgehead atoms. The van der Waals surface area contributed by atoms with Crippen molar-refractivity contribution < 1.29 is 19.6 Å². The van der Waals surface area contributed by atoms with E-state index in [1.165, 1.54) is 11.9 Å². The summed E-state index contributed by atoms with van der Waals surface area (Å²) in [6.45, 7) is 7.11. The average molecular weight is 518 g/mol. The second kappa shape index (κ2) is 11.4. The Morgan fingerprint density at radius 2 is 1.63 bits per heavy atom. The van der Waals surface area contributed by atoms with E-state index in [0.717, 1.165) is 11.5 Å². The van der Waals surface area contributed by atoms with Crippen LogP contribution in [0.4, 0.5) is 5.69 Å². The number of hydroxylamine groups is 1. The molecule has 3 amide bonds. The number of hydrogen-bond donors (Lipinski definition) is 6. The first-order chi connectivity index (χ1) is 18.1. The van der Waals surface area contributed by atoms with Crippen LogP contribution in [0.2, 0.25) is 0 Å². The van der Waals surface area contributed by atoms with E-state index in [0.29, 0.717) is 46.7 Å². The summed E-state index contributed by atoms with van der Waals surface area (Å²) >= 11 is 0. The van der Waals surface area contributed by atoms with E-state index in [4.69, 9.17) is 10.9 Å². The van der Waals surface area contributed by atoms with E-state index in [9.17, 15) is 14.4 Å². The summed E-state index contributed by atoms with van der Waals surface area (Å²) in [7, 11) is 0. The molecule has 7 N–H and O–H groups in total. The van der Waals surface area contributed by atoms with Crippen LogP contribution >= 0.6 is 0 Å². The molecule has 9 heteroatoms. The first kappa shape index (κ1) is 27.3. The SMILES string of the molecule is C[C@@H]1C(NCC(=O)Nc2ccc(C#Cc3ccc(C(=O)N[C@@H](CN)C(=O)NO)cc3)cc2)C2C[C@@H]1C2(C)C. The highest BCUT2D eigenvalue weighted by Crippen LogP contribution is 2.64. The first-order valence-corrected chi connectivity index (χ1v) is 12.8. The smallest absolute Gasteiger partial charge is 0.267 e. The number of carbonyl (C=O) groups excluding carboxylic acids is 3. The molecule has 9 nitrogen and oxygen atoms in total. The van der Waals surface area contributed by atoms with Crippen molar-refractivity contribution in [3.63, 3.8) is 0 Å². The van der Waals surface area contributed by atoms with Gasteiger partial charge in [-0.05, 0) is 78.1 Å². The van der Waals surface area contributed by atoms with Gasteiger partial charge in [-0.15, -0.1) is 0 Å². The lowest BCUT2D eigenvalue weighted by Crippen LogP contribution is -2.50. The third-order valence-electron chi connectivity index (χ3n) is 8.19. The maximum absolute atomic E-state index is 12.5. The molecule has 2 aromatic rings. The maximum atomic E-state index is 12.5. The van der Waals surface area contributed by atoms with Gasteiger partial charge in [0, 0.05) is 35.0 Å². The molecule has 3 fully saturated rings. The van der Waals surface area contributed by atoms with Gasteiger partial charge in [-0.1, -0.05) is 32.6 Å². The molecule has 3 aliphatic rings. The Morgan fingerprint density at radius 3 is 2.13 bits per heavy atom. The number of nitrogens with two attached hydrogens (primary N) is 1. The monoisotopic (exact) mass is 517 g/mol. The van der Waals surface area contributed by atoms with Crippen LogP contribution in [-0.4, -0.2) is 48.1 Å². The number of hydrogen-bond acceptors (Lipinski definition) is 6. The minimum Gasteiger partial charge on any atom is -0.339 e. The Bertz CT molecular complexity index is 1250. The van der Waals surface area contributed by atoms with Crippen molar-refractivity contribution in [3.8, 4) is 11.8 Å². The molecule has 2 unspecified atom stereocenters. The maximum Gasteiger partial charge on any atom is 0.267 e. The summed E-state index contributed by atoms with van der Waals surface area (Å²) in [6, 6.07) is 13.3. The molecule has 0 aliphatic heterocycles. The molecule has 3 aliphatic carbocycles. The molecule has 5 rings (SSSR count). The van der Waals surface area contributed by atoms with E-state index >= 15 is 0 Å². The van der Waals surface area contributed by atoms with Gasteiger partial charge < -0.3 is 21.7 Å². The van der Waals surface area contributed by atoms with Crippen molar-refractivity contribution in [3.05, 3.63) is 65.2 Å². The number of rotatable bonds is 8. The zero-order valence-electron chi connectivity index (χ0n) is 21.9. The van der Waals surface area contributed by atoms with Crippen LogP contribution in [0.15, 0.2) is 48.5 Å². The van der Waals surface area contributed by atoms with Crippen LogP contribution in [-0.2, 0) is 9.59 Å². The van der Waals surface area contributed by atoms with Gasteiger partial charge in [-0.3, -0.25) is 19.6 Å². The van der Waals surface area contributed by atoms with Crippen molar-refractivity contribution in [2.45, 2.75) is 39.3 Å². The summed E-state index contributed by atoms with van der Waals surface area (Å²) in [5.74, 6) is 6.75. The molecular formula is C29H35N5O4. The third kappa shape index (κ3) is 5.73. The molecule has 0 saturated heterocycles. The summed E-state index contributed by atoms with van der Waals surface area (Å²) in [5, 5.41) is 17.6. The lowest BCUT2D eigenvalue weighted by Gasteiger charge is -2.45. The lowest BCUT2D eigenvalue weighted by atomic mass is 9.60. The van der Waals surface area contributed by atoms with Crippen LogP contribution in [0.3, 0.4) is 0 Å². The Labute approximate surface area is 222 Å². The predicted octanol–water partition coefficient (Wildman–Crippen LogP) is 1.86. The normalized spacial score (nSPS) is 23.3. The van der Waals surface area contributed by atoms with E-state index in [1.807, 2.05) is 24.3 Å². The Morgan fingerprint density at radius 1 is 1.03 bits per heavy atom. The fourth-order valence-electron chi connectivity index (χ4n) is 5.89. The minimum atomic E-state index is -1.04. The largest absolute Gasteiger partial charge is 0.339 e. The standard InChI is InChI=1S/C29H35N5O4/c1-17-22-14-23(29(22,2)3)26(17)31-16-25(35)32-21-12-8-19(9-13-21)5-4-18-6-10-20(11-7-18)27(36)33-24(15-30)28(37)34-38/h6-13,17,22-24,26,31,38H,14-16,30H2,1-3H3,(H,32,35)(H,33,36)(H,34,37)/t17-,22-,23?,24-,26?/m0/s1. The highest BCUT2D eigenvalue weighted by Gasteiger charge is 2.61. The van der Waals surface area contributed by atoms with Crippen molar-refractivity contribution in [1.29, 1.82) is 0 Å². The van der Waals surface area contributed by atoms with E-state index < -0.39 is 17.9 Å². The number of fused-ring (bicyclic) bond motifs is 1. The molecule has 0 spiro atoms. The molecule has 3 saturated carbocycles. The minimum absolute atomic E-state index is 0.0585. The highest BCUT2D eigenvalue weighted by molar-refractivity contribution is 5.97. The molecule has 2 aromatic carbocycles. The Kier molecular flexibility index (Phi) is 8.17. The molecule has 0 aromatic heterocycles. The van der Waals surface area contributed by atoms with Gasteiger partial charge in [0.15, 0.2) is 0 Å². The van der Waals surface area contributed by atoms with Gasteiger partial charge >= 0.3 is 0 Å². The number of benzene rings is 2. The van der Waals surface area contributed by atoms with E-state index in [1.54, 1.807) is 24.3 Å². The van der Waals surface area contributed by atoms with Gasteiger partial charge in [0.05, 0.1) is 6.54 Å². The van der Waals surface area contributed by atoms with Crippen molar-refractivity contribution >= 4 is 23.4 Å². The zero-order valence-corrected chi connectivity index (χ0v) is 21.9. The Hall–Kier alpha value is -3.71. The number of nitrogens with one attached hydrogen (secondary N) is 4. The predicted molar refractivity (Wildman–Crippen MR) is 144 cm³/mol. The van der Waals surface area contributed by atoms with Gasteiger partial charge in [-0.2, -0.15) is 0 Å². The first-order valence-electron chi connectivity index (χ1n) is 12.8. The second-order valence-corrected chi connectivity index (χ2v) is 10.7. The van der Waals surface area contributed by atoms with Crippen LogP contribution in [0.5, 0.6) is 0 Å². The van der Waals surface area contributed by atoms with Crippen LogP contribution in [0.25, 0.3) is 0 Å². The zero-order chi connectivity index (χ0) is 27.4. The molecule has 38 heavy (non-hydrogen) atoms. The van der Waals surface area contributed by atoms with Crippen LogP contribution in [0.1, 0.15) is 48.7 Å². The highest BCUT2D eigenvalue weighted by atomic mass is 16.5. The fraction of sp³-hybridized carbons (Fsp3) is 0.414. The van der Waals surface area contributed by atoms with Crippen LogP contribution in [0, 0.1) is 35.0 Å². The summed E-state index contributed by atoms with van der Waals surface area (Å²) < 4.78 is 0. The average Bonchev–Trinajstić information content (AvgIpc) is 3.36. The molecule has 5 atom stereocenters. The fourth-order valence-corrected chi connectivity index (χ4v) is 5.89. The molecule has 0 radical (unpaired) electrons. The van der Waals surface area contributed by atoms with Crippen LogP contribution < -0.4 is 27.2 Å². The third-order valence-corrected chi connectivity index (χ3v) is 8.19. The summed E-state index contributed by atoms with van der Waals surface area (Å²) in [6.07, 6.45) is 1.26. The van der Waals surface area contributed by atoms with Crippen molar-refractivity contribution in [1.82, 2.24) is 16.1 Å². The Balaban J connectivity index is 1.26. The van der Waals surface area contributed by atoms with E-state index in [-0.39, 0.29) is 12.5 Å². The topological polar surface area (TPSA) is 146 Å². The molecular weight excluding hydrogens is 482 g/mol. The quantitative estimate of drug-likeness (QED) is 0.179. The number of anilines is 1. The van der Waals surface area contributed by atoms with E-state index in [2.05, 4.69) is 48.6 Å². The van der Waals surface area contributed by atoms with Gasteiger partial charge in [0.25, 0.3) is 11.8 Å². The lowest BCUT2D eigenvalue weighted by molar-refractivity contribution is -0.130. The van der Waals surface area contributed by atoms with Crippen molar-refractivity contribution in [2.75, 3.05) is 18.4 Å². The number of amides is 3. The van der Waals surface area contributed by atoms with Gasteiger partial charge in [0.1, 0.15) is 6.04 Å².